The van der Waals surface area contributed by atoms with Crippen molar-refractivity contribution in [2.75, 3.05) is 6.61 Å². The summed E-state index contributed by atoms with van der Waals surface area (Å²) in [5.41, 5.74) is 5.28. The number of nitrogens with one attached hydrogen (secondary N) is 1. The third-order valence-electron chi connectivity index (χ3n) is 4.65. The Labute approximate surface area is 169 Å². The molecule has 0 aliphatic rings. The Balaban J connectivity index is 2.01. The van der Waals surface area contributed by atoms with Gasteiger partial charge in [0.15, 0.2) is 0 Å². The van der Waals surface area contributed by atoms with E-state index in [1.165, 1.54) is 18.2 Å². The monoisotopic (exact) mass is 399 g/mol. The fraction of sp³-hybridized carbons (Fsp3) is 0.333. The number of ether oxygens (including phenoxy) is 1. The van der Waals surface area contributed by atoms with Crippen molar-refractivity contribution in [3.63, 3.8) is 0 Å². The van der Waals surface area contributed by atoms with Crippen LogP contribution < -0.4 is 11.1 Å². The molecule has 0 saturated carbocycles. The Morgan fingerprint density at radius 2 is 1.76 bits per heavy atom. The quantitative estimate of drug-likeness (QED) is 0.361. The van der Waals surface area contributed by atoms with E-state index in [9.17, 15) is 19.7 Å². The number of nitrogens with two attached hydrogens (primary N) is 1. The zero-order chi connectivity index (χ0) is 21.4. The van der Waals surface area contributed by atoms with Crippen LogP contribution in [-0.2, 0) is 26.3 Å². The fourth-order valence-corrected chi connectivity index (χ4v) is 2.87. The highest BCUT2D eigenvalue weighted by atomic mass is 16.6. The highest BCUT2D eigenvalue weighted by Gasteiger charge is 2.37. The van der Waals surface area contributed by atoms with Crippen molar-refractivity contribution in [2.24, 2.45) is 5.73 Å². The third kappa shape index (κ3) is 5.86. The third-order valence-corrected chi connectivity index (χ3v) is 4.65. The van der Waals surface area contributed by atoms with E-state index in [2.05, 4.69) is 5.32 Å². The van der Waals surface area contributed by atoms with Crippen molar-refractivity contribution >= 4 is 17.5 Å². The number of rotatable bonds is 10. The largest absolute Gasteiger partial charge is 0.377 e. The Kier molecular flexibility index (Phi) is 7.44. The van der Waals surface area contributed by atoms with Crippen LogP contribution in [0, 0.1) is 10.1 Å². The number of primary amides is 1. The van der Waals surface area contributed by atoms with Crippen molar-refractivity contribution in [2.45, 2.75) is 38.3 Å². The molecule has 8 heteroatoms. The van der Waals surface area contributed by atoms with Crippen molar-refractivity contribution in [3.8, 4) is 0 Å². The van der Waals surface area contributed by atoms with Gasteiger partial charge in [-0.05, 0) is 25.8 Å². The molecule has 29 heavy (non-hydrogen) atoms. The van der Waals surface area contributed by atoms with E-state index in [1.807, 2.05) is 30.3 Å². The molecule has 0 bridgehead atoms. The van der Waals surface area contributed by atoms with Gasteiger partial charge in [0.2, 0.25) is 11.8 Å². The van der Waals surface area contributed by atoms with E-state index in [0.717, 1.165) is 5.56 Å². The number of hydrogen-bond donors (Lipinski definition) is 2. The molecule has 0 spiro atoms. The van der Waals surface area contributed by atoms with Crippen molar-refractivity contribution < 1.29 is 19.2 Å². The Morgan fingerprint density at radius 1 is 1.14 bits per heavy atom. The van der Waals surface area contributed by atoms with Crippen LogP contribution in [0.25, 0.3) is 0 Å². The zero-order valence-electron chi connectivity index (χ0n) is 16.5. The van der Waals surface area contributed by atoms with Crippen LogP contribution in [0.4, 0.5) is 5.69 Å². The Hall–Kier alpha value is -3.26. The second-order valence-corrected chi connectivity index (χ2v) is 7.15. The lowest BCUT2D eigenvalue weighted by atomic mass is 9.82. The molecule has 2 amide bonds. The summed E-state index contributed by atoms with van der Waals surface area (Å²) in [6, 6.07) is 14.6. The van der Waals surface area contributed by atoms with Crippen molar-refractivity contribution in [3.05, 3.63) is 75.8 Å². The van der Waals surface area contributed by atoms with Crippen LogP contribution in [0.3, 0.4) is 0 Å². The molecule has 0 fully saturated rings. The first-order valence-corrected chi connectivity index (χ1v) is 9.19. The van der Waals surface area contributed by atoms with Crippen LogP contribution in [0.5, 0.6) is 0 Å². The minimum Gasteiger partial charge on any atom is -0.377 e. The molecule has 2 rings (SSSR count). The van der Waals surface area contributed by atoms with Crippen LogP contribution in [0.15, 0.2) is 54.6 Å². The van der Waals surface area contributed by atoms with Gasteiger partial charge < -0.3 is 15.8 Å². The summed E-state index contributed by atoms with van der Waals surface area (Å²) in [4.78, 5) is 35.4. The van der Waals surface area contributed by atoms with Gasteiger partial charge in [0.05, 0.1) is 16.9 Å². The standard InChI is InChI=1S/C21H25N3O5/c1-21(2,16-10-6-7-11-18(16)24(27)28)20(26)23-17(19(22)25)12-13-29-14-15-8-4-3-5-9-15/h3-11,17H,12-14H2,1-2H3,(H2,22,25)(H,23,26)/t17-/m0/s1. The predicted octanol–water partition coefficient (Wildman–Crippen LogP) is 2.45. The van der Waals surface area contributed by atoms with Crippen LogP contribution in [0.2, 0.25) is 0 Å². The number of carbonyl (C=O) groups is 2. The first kappa shape index (κ1) is 22.0. The van der Waals surface area contributed by atoms with Gasteiger partial charge in [-0.15, -0.1) is 0 Å². The number of nitro groups is 1. The molecule has 8 nitrogen and oxygen atoms in total. The minimum atomic E-state index is -1.23. The van der Waals surface area contributed by atoms with Gasteiger partial charge in [-0.25, -0.2) is 0 Å². The first-order chi connectivity index (χ1) is 13.7. The topological polar surface area (TPSA) is 125 Å². The summed E-state index contributed by atoms with van der Waals surface area (Å²) < 4.78 is 5.55. The normalized spacial score (nSPS) is 12.2. The number of benzene rings is 2. The molecule has 0 aliphatic heterocycles. The molecule has 0 radical (unpaired) electrons. The lowest BCUT2D eigenvalue weighted by Gasteiger charge is -2.26. The fourth-order valence-electron chi connectivity index (χ4n) is 2.87. The lowest BCUT2D eigenvalue weighted by molar-refractivity contribution is -0.385. The lowest BCUT2D eigenvalue weighted by Crippen LogP contribution is -2.50. The molecule has 0 aromatic heterocycles. The SMILES string of the molecule is CC(C)(C(=O)N[C@@H](CCOCc1ccccc1)C(N)=O)c1ccccc1[N+](=O)[O-]. The molecule has 2 aromatic rings. The maximum atomic E-state index is 12.8. The van der Waals surface area contributed by atoms with Crippen LogP contribution in [-0.4, -0.2) is 29.4 Å². The summed E-state index contributed by atoms with van der Waals surface area (Å²) in [6.07, 6.45) is 0.195. The molecule has 3 N–H and O–H groups in total. The Bertz CT molecular complexity index is 868. The summed E-state index contributed by atoms with van der Waals surface area (Å²) in [5.74, 6) is -1.22. The number of amides is 2. The van der Waals surface area contributed by atoms with Gasteiger partial charge in [0.25, 0.3) is 5.69 Å². The highest BCUT2D eigenvalue weighted by molar-refractivity contribution is 5.92. The molecule has 154 valence electrons. The second-order valence-electron chi connectivity index (χ2n) is 7.15. The van der Waals surface area contributed by atoms with Crippen molar-refractivity contribution in [1.29, 1.82) is 0 Å². The summed E-state index contributed by atoms with van der Waals surface area (Å²) in [7, 11) is 0. The average molecular weight is 399 g/mol. The van der Waals surface area contributed by atoms with Gasteiger partial charge in [-0.1, -0.05) is 48.5 Å². The molecule has 1 atom stereocenters. The van der Waals surface area contributed by atoms with Crippen LogP contribution in [0.1, 0.15) is 31.4 Å². The molecule has 0 unspecified atom stereocenters. The smallest absolute Gasteiger partial charge is 0.273 e. The maximum Gasteiger partial charge on any atom is 0.273 e. The van der Waals surface area contributed by atoms with Gasteiger partial charge >= 0.3 is 0 Å². The molecular formula is C21H25N3O5. The van der Waals surface area contributed by atoms with E-state index in [4.69, 9.17) is 10.5 Å². The minimum absolute atomic E-state index is 0.158. The average Bonchev–Trinajstić information content (AvgIpc) is 2.70. The number of hydrogen-bond acceptors (Lipinski definition) is 5. The van der Waals surface area contributed by atoms with E-state index in [0.29, 0.717) is 6.61 Å². The molecule has 0 saturated heterocycles. The Morgan fingerprint density at radius 3 is 2.38 bits per heavy atom. The van der Waals surface area contributed by atoms with Gasteiger partial charge in [-0.3, -0.25) is 19.7 Å². The van der Waals surface area contributed by atoms with Gasteiger partial charge in [-0.2, -0.15) is 0 Å². The number of nitro benzene ring substituents is 1. The zero-order valence-corrected chi connectivity index (χ0v) is 16.5. The van der Waals surface area contributed by atoms with E-state index >= 15 is 0 Å². The maximum absolute atomic E-state index is 12.8. The van der Waals surface area contributed by atoms with E-state index in [1.54, 1.807) is 19.9 Å². The molecular weight excluding hydrogens is 374 g/mol. The van der Waals surface area contributed by atoms with Crippen LogP contribution >= 0.6 is 0 Å². The van der Waals surface area contributed by atoms with E-state index < -0.39 is 28.2 Å². The van der Waals surface area contributed by atoms with E-state index in [-0.39, 0.29) is 24.3 Å². The summed E-state index contributed by atoms with van der Waals surface area (Å²) in [5, 5.41) is 13.9. The summed E-state index contributed by atoms with van der Waals surface area (Å²) >= 11 is 0. The second kappa shape index (κ2) is 9.79. The number of para-hydroxylation sites is 1. The number of nitrogens with zero attached hydrogens (tertiary/aromatic N) is 1. The summed E-state index contributed by atoms with van der Waals surface area (Å²) in [6.45, 7) is 3.72. The van der Waals surface area contributed by atoms with Gasteiger partial charge in [0, 0.05) is 18.2 Å². The van der Waals surface area contributed by atoms with Gasteiger partial charge in [0.1, 0.15) is 6.04 Å². The first-order valence-electron chi connectivity index (χ1n) is 9.19. The highest BCUT2D eigenvalue weighted by Crippen LogP contribution is 2.31. The number of carbonyl (C=O) groups excluding carboxylic acids is 2. The molecule has 0 heterocycles. The van der Waals surface area contributed by atoms with Crippen molar-refractivity contribution in [1.82, 2.24) is 5.32 Å². The molecule has 0 aliphatic carbocycles. The predicted molar refractivity (Wildman–Crippen MR) is 108 cm³/mol. The molecule has 2 aromatic carbocycles.